The Morgan fingerprint density at radius 1 is 0.778 bits per heavy atom. The van der Waals surface area contributed by atoms with E-state index in [1.807, 2.05) is 50.6 Å². The van der Waals surface area contributed by atoms with Crippen LogP contribution in [0.4, 0.5) is 9.59 Å². The van der Waals surface area contributed by atoms with E-state index in [2.05, 4.69) is 88.1 Å². The van der Waals surface area contributed by atoms with Crippen molar-refractivity contribution in [1.29, 1.82) is 0 Å². The van der Waals surface area contributed by atoms with E-state index in [0.717, 1.165) is 81.6 Å². The Kier molecular flexibility index (Phi) is 10.2. The Morgan fingerprint density at radius 3 is 2.09 bits per heavy atom. The van der Waals surface area contributed by atoms with Crippen LogP contribution < -0.4 is 5.32 Å². The number of hydrogen-bond donors (Lipinski definition) is 3. The van der Waals surface area contributed by atoms with Crippen LogP contribution in [0.1, 0.15) is 83.9 Å². The fourth-order valence-corrected chi connectivity index (χ4v) is 7.68. The molecule has 7 rings (SSSR count). The van der Waals surface area contributed by atoms with Gasteiger partial charge in [-0.1, -0.05) is 62.4 Å². The number of ether oxygens (including phenoxy) is 2. The van der Waals surface area contributed by atoms with Crippen LogP contribution in [-0.2, 0) is 14.3 Å². The molecule has 2 saturated heterocycles. The number of carbonyl (C=O) groups is 3. The van der Waals surface area contributed by atoms with Crippen LogP contribution in [0.3, 0.4) is 0 Å². The SMILES string of the molecule is COC(=O)N[C@H](C(=O)N1CCC[C@H]1c1ncc(-c2ccc3cc(-c4ccc(-c5ccc(C6CCCN6C(=O)OC(C)(C)C)[nH]5)cc4)ccc3c2)[nH]1)C(C)C. The molecular formula is C43H50N6O5. The molecular weight excluding hydrogens is 681 g/mol. The monoisotopic (exact) mass is 730 g/mol. The molecule has 3 aromatic carbocycles. The molecule has 5 aromatic rings. The number of likely N-dealkylation sites (tertiary alicyclic amines) is 2. The number of alkyl carbamates (subject to hydrolysis) is 1. The number of H-pyrrole nitrogens is 2. The number of carbonyl (C=O) groups excluding carboxylic acids is 3. The number of imidazole rings is 1. The van der Waals surface area contributed by atoms with Gasteiger partial charge in [0.25, 0.3) is 0 Å². The number of nitrogens with one attached hydrogen (secondary N) is 3. The molecule has 1 unspecified atom stereocenters. The second-order valence-electron chi connectivity index (χ2n) is 15.7. The number of aromatic amines is 2. The molecule has 11 nitrogen and oxygen atoms in total. The smallest absolute Gasteiger partial charge is 0.410 e. The molecule has 0 radical (unpaired) electrons. The minimum Gasteiger partial charge on any atom is -0.453 e. The van der Waals surface area contributed by atoms with Crippen molar-refractivity contribution in [3.63, 3.8) is 0 Å². The fraction of sp³-hybridized carbons (Fsp3) is 0.395. The average molecular weight is 731 g/mol. The fourth-order valence-electron chi connectivity index (χ4n) is 7.68. The molecule has 3 atom stereocenters. The van der Waals surface area contributed by atoms with Gasteiger partial charge in [-0.15, -0.1) is 0 Å². The molecule has 0 saturated carbocycles. The molecule has 282 valence electrons. The molecule has 0 spiro atoms. The normalized spacial score (nSPS) is 18.0. The number of nitrogens with zero attached hydrogens (tertiary/aromatic N) is 3. The van der Waals surface area contributed by atoms with Gasteiger partial charge in [-0.05, 0) is 104 Å². The second-order valence-corrected chi connectivity index (χ2v) is 15.7. The first-order valence-corrected chi connectivity index (χ1v) is 18.9. The maximum absolute atomic E-state index is 13.6. The summed E-state index contributed by atoms with van der Waals surface area (Å²) < 4.78 is 10.4. The Balaban J connectivity index is 1.03. The van der Waals surface area contributed by atoms with Gasteiger partial charge >= 0.3 is 12.2 Å². The van der Waals surface area contributed by atoms with Crippen molar-refractivity contribution in [2.45, 2.75) is 84.0 Å². The molecule has 0 bridgehead atoms. The standard InChI is InChI=1S/C43H50N6O5/c1-26(2)38(47-41(51)53-6)40(50)48-21-8-10-37(48)39-44-25-35(46-39)32-18-17-30-23-29(15-16-31(30)24-32)27-11-13-28(14-12-27)33-19-20-34(45-33)36-9-7-22-49(36)42(52)54-43(3,4)5/h11-20,23-26,36-38,45H,7-10,21-22H2,1-6H3,(H,44,46)(H,47,51)/t36?,37-,38-/m0/s1. The first kappa shape index (κ1) is 36.8. The highest BCUT2D eigenvalue weighted by atomic mass is 16.6. The van der Waals surface area contributed by atoms with E-state index in [4.69, 9.17) is 14.5 Å². The van der Waals surface area contributed by atoms with Crippen molar-refractivity contribution in [3.05, 3.63) is 90.5 Å². The van der Waals surface area contributed by atoms with Crippen molar-refractivity contribution in [1.82, 2.24) is 30.1 Å². The number of methoxy groups -OCH3 is 1. The van der Waals surface area contributed by atoms with E-state index in [0.29, 0.717) is 13.1 Å². The van der Waals surface area contributed by atoms with Crippen LogP contribution in [0.2, 0.25) is 0 Å². The number of rotatable bonds is 8. The number of aromatic nitrogens is 3. The van der Waals surface area contributed by atoms with E-state index in [9.17, 15) is 14.4 Å². The Bertz CT molecular complexity index is 2150. The van der Waals surface area contributed by atoms with Gasteiger partial charge in [0, 0.05) is 30.0 Å². The Hall–Kier alpha value is -5.58. The predicted octanol–water partition coefficient (Wildman–Crippen LogP) is 9.01. The zero-order valence-electron chi connectivity index (χ0n) is 31.9. The number of hydrogen-bond acceptors (Lipinski definition) is 6. The first-order valence-electron chi connectivity index (χ1n) is 18.9. The van der Waals surface area contributed by atoms with Gasteiger partial charge in [0.1, 0.15) is 17.5 Å². The Labute approximate surface area is 316 Å². The van der Waals surface area contributed by atoms with Crippen molar-refractivity contribution in [2.75, 3.05) is 20.2 Å². The molecule has 2 aromatic heterocycles. The third-order valence-electron chi connectivity index (χ3n) is 10.5. The molecule has 2 aliphatic heterocycles. The molecule has 54 heavy (non-hydrogen) atoms. The highest BCUT2D eigenvalue weighted by molar-refractivity contribution is 5.91. The van der Waals surface area contributed by atoms with Gasteiger partial charge in [0.15, 0.2) is 0 Å². The lowest BCUT2D eigenvalue weighted by molar-refractivity contribution is -0.135. The maximum atomic E-state index is 13.6. The minimum atomic E-state index is -0.676. The zero-order valence-corrected chi connectivity index (χ0v) is 31.9. The summed E-state index contributed by atoms with van der Waals surface area (Å²) in [6.45, 7) is 10.8. The zero-order chi connectivity index (χ0) is 38.1. The van der Waals surface area contributed by atoms with Gasteiger partial charge in [0.05, 0.1) is 31.1 Å². The molecule has 11 heteroatoms. The summed E-state index contributed by atoms with van der Waals surface area (Å²) in [5, 5.41) is 4.95. The van der Waals surface area contributed by atoms with Crippen LogP contribution in [0.15, 0.2) is 79.0 Å². The summed E-state index contributed by atoms with van der Waals surface area (Å²) in [5.41, 5.74) is 6.75. The number of amides is 3. The lowest BCUT2D eigenvalue weighted by atomic mass is 9.98. The average Bonchev–Trinajstić information content (AvgIpc) is 3.98. The predicted molar refractivity (Wildman–Crippen MR) is 210 cm³/mol. The molecule has 3 N–H and O–H groups in total. The lowest BCUT2D eigenvalue weighted by Crippen LogP contribution is -2.51. The summed E-state index contributed by atoms with van der Waals surface area (Å²) in [6.07, 6.45) is 4.47. The van der Waals surface area contributed by atoms with E-state index in [-0.39, 0.29) is 30.0 Å². The summed E-state index contributed by atoms with van der Waals surface area (Å²) in [7, 11) is 1.30. The van der Waals surface area contributed by atoms with Crippen LogP contribution in [0.25, 0.3) is 44.4 Å². The third kappa shape index (κ3) is 7.71. The van der Waals surface area contributed by atoms with E-state index in [1.54, 1.807) is 0 Å². The van der Waals surface area contributed by atoms with Crippen LogP contribution >= 0.6 is 0 Å². The van der Waals surface area contributed by atoms with Gasteiger partial charge < -0.3 is 29.7 Å². The second kappa shape index (κ2) is 15.0. The molecule has 2 fully saturated rings. The highest BCUT2D eigenvalue weighted by Crippen LogP contribution is 2.36. The van der Waals surface area contributed by atoms with Crippen molar-refractivity contribution in [2.24, 2.45) is 5.92 Å². The summed E-state index contributed by atoms with van der Waals surface area (Å²) in [5.74, 6) is 0.522. The quantitative estimate of drug-likeness (QED) is 0.146. The van der Waals surface area contributed by atoms with Gasteiger partial charge in [-0.3, -0.25) is 9.69 Å². The third-order valence-corrected chi connectivity index (χ3v) is 10.5. The van der Waals surface area contributed by atoms with Gasteiger partial charge in [0.2, 0.25) is 5.91 Å². The summed E-state index contributed by atoms with van der Waals surface area (Å²) in [6, 6.07) is 24.7. The van der Waals surface area contributed by atoms with Gasteiger partial charge in [-0.2, -0.15) is 0 Å². The molecule has 2 aliphatic rings. The Morgan fingerprint density at radius 2 is 1.41 bits per heavy atom. The van der Waals surface area contributed by atoms with Crippen LogP contribution in [0.5, 0.6) is 0 Å². The maximum Gasteiger partial charge on any atom is 0.410 e. The molecule has 0 aliphatic carbocycles. The highest BCUT2D eigenvalue weighted by Gasteiger charge is 2.38. The lowest BCUT2D eigenvalue weighted by Gasteiger charge is -2.30. The van der Waals surface area contributed by atoms with Crippen molar-refractivity contribution < 1.29 is 23.9 Å². The first-order chi connectivity index (χ1) is 25.9. The van der Waals surface area contributed by atoms with E-state index >= 15 is 0 Å². The topological polar surface area (TPSA) is 133 Å². The van der Waals surface area contributed by atoms with Gasteiger partial charge in [-0.25, -0.2) is 14.6 Å². The van der Waals surface area contributed by atoms with E-state index < -0.39 is 17.7 Å². The summed E-state index contributed by atoms with van der Waals surface area (Å²) >= 11 is 0. The van der Waals surface area contributed by atoms with Crippen LogP contribution in [0, 0.1) is 5.92 Å². The minimum absolute atomic E-state index is 0.0181. The molecule has 4 heterocycles. The van der Waals surface area contributed by atoms with Crippen LogP contribution in [-0.4, -0.2) is 74.7 Å². The summed E-state index contributed by atoms with van der Waals surface area (Å²) in [4.78, 5) is 53.8. The van der Waals surface area contributed by atoms with E-state index in [1.165, 1.54) is 7.11 Å². The van der Waals surface area contributed by atoms with Crippen molar-refractivity contribution >= 4 is 28.9 Å². The largest absolute Gasteiger partial charge is 0.453 e. The number of fused-ring (bicyclic) bond motifs is 1. The number of benzene rings is 3. The van der Waals surface area contributed by atoms with Crippen molar-refractivity contribution in [3.8, 4) is 33.6 Å². The molecule has 3 amide bonds.